The molecule has 0 radical (unpaired) electrons. The van der Waals surface area contributed by atoms with Crippen molar-refractivity contribution in [3.8, 4) is 5.75 Å². The van der Waals surface area contributed by atoms with Crippen LogP contribution >= 0.6 is 0 Å². The van der Waals surface area contributed by atoms with Crippen LogP contribution in [0.25, 0.3) is 0 Å². The highest BCUT2D eigenvalue weighted by Crippen LogP contribution is 2.29. The van der Waals surface area contributed by atoms with Crippen LogP contribution < -0.4 is 10.1 Å². The van der Waals surface area contributed by atoms with Crippen LogP contribution in [0.5, 0.6) is 5.75 Å². The van der Waals surface area contributed by atoms with Crippen molar-refractivity contribution in [1.29, 1.82) is 0 Å². The molecule has 23 heavy (non-hydrogen) atoms. The van der Waals surface area contributed by atoms with Crippen molar-refractivity contribution >= 4 is 27.6 Å². The molecular formula is C14H20N2O6S. The molecule has 1 aromatic rings. The first-order valence-electron chi connectivity index (χ1n) is 6.90. The molecule has 1 amide bonds. The lowest BCUT2D eigenvalue weighted by Crippen LogP contribution is -2.36. The zero-order valence-corrected chi connectivity index (χ0v) is 14.0. The highest BCUT2D eigenvalue weighted by Gasteiger charge is 2.29. The average Bonchev–Trinajstić information content (AvgIpc) is 2.45. The second kappa shape index (κ2) is 7.93. The predicted octanol–water partition coefficient (Wildman–Crippen LogP) is 1.14. The number of anilines is 1. The normalized spacial score (nSPS) is 11.3. The number of nitrogens with zero attached hydrogens (tertiary/aromatic N) is 1. The molecule has 0 unspecified atom stereocenters. The van der Waals surface area contributed by atoms with E-state index in [1.807, 2.05) is 0 Å². The number of amides is 1. The standard InChI is InChI=1S/C14H20N2O6S/c1-4-7-16(9-14(18)19)23(20,21)13-8-11(15-10(2)17)5-6-12(13)22-3/h5-6,8H,4,7,9H2,1-3H3,(H,15,17)(H,18,19). The molecule has 0 saturated heterocycles. The number of hydrogen-bond acceptors (Lipinski definition) is 5. The smallest absolute Gasteiger partial charge is 0.318 e. The Morgan fingerprint density at radius 3 is 2.48 bits per heavy atom. The molecule has 0 spiro atoms. The van der Waals surface area contributed by atoms with Crippen LogP contribution in [0.2, 0.25) is 0 Å². The quantitative estimate of drug-likeness (QED) is 0.731. The summed E-state index contributed by atoms with van der Waals surface area (Å²) in [7, 11) is -2.77. The molecule has 0 aromatic heterocycles. The van der Waals surface area contributed by atoms with Gasteiger partial charge in [0.1, 0.15) is 17.2 Å². The summed E-state index contributed by atoms with van der Waals surface area (Å²) in [6.45, 7) is 2.45. The lowest BCUT2D eigenvalue weighted by molar-refractivity contribution is -0.137. The minimum atomic E-state index is -4.08. The van der Waals surface area contributed by atoms with Crippen LogP contribution in [-0.2, 0) is 19.6 Å². The Morgan fingerprint density at radius 1 is 1.35 bits per heavy atom. The number of carboxylic acid groups (broad SMARTS) is 1. The lowest BCUT2D eigenvalue weighted by atomic mass is 10.3. The van der Waals surface area contributed by atoms with Crippen LogP contribution in [0.15, 0.2) is 23.1 Å². The molecule has 1 rings (SSSR count). The van der Waals surface area contributed by atoms with Gasteiger partial charge in [-0.05, 0) is 24.6 Å². The molecule has 0 bridgehead atoms. The van der Waals surface area contributed by atoms with E-state index in [2.05, 4.69) is 5.32 Å². The fourth-order valence-corrected chi connectivity index (χ4v) is 3.65. The molecule has 9 heteroatoms. The van der Waals surface area contributed by atoms with E-state index in [1.165, 1.54) is 32.2 Å². The lowest BCUT2D eigenvalue weighted by Gasteiger charge is -2.21. The first-order valence-corrected chi connectivity index (χ1v) is 8.34. The number of rotatable bonds is 8. The molecule has 8 nitrogen and oxygen atoms in total. The Bertz CT molecular complexity index is 687. The summed E-state index contributed by atoms with van der Waals surface area (Å²) in [5.74, 6) is -1.53. The molecule has 0 heterocycles. The van der Waals surface area contributed by atoms with Crippen molar-refractivity contribution in [2.45, 2.75) is 25.2 Å². The third kappa shape index (κ3) is 4.93. The topological polar surface area (TPSA) is 113 Å². The van der Waals surface area contributed by atoms with Crippen molar-refractivity contribution in [1.82, 2.24) is 4.31 Å². The van der Waals surface area contributed by atoms with Gasteiger partial charge in [-0.1, -0.05) is 6.92 Å². The van der Waals surface area contributed by atoms with Gasteiger partial charge < -0.3 is 15.2 Å². The molecule has 1 aromatic carbocycles. The van der Waals surface area contributed by atoms with Crippen molar-refractivity contribution in [3.63, 3.8) is 0 Å². The third-order valence-electron chi connectivity index (χ3n) is 2.89. The fraction of sp³-hybridized carbons (Fsp3) is 0.429. The van der Waals surface area contributed by atoms with Gasteiger partial charge in [-0.2, -0.15) is 4.31 Å². The van der Waals surface area contributed by atoms with Gasteiger partial charge in [0.15, 0.2) is 0 Å². The number of aliphatic carboxylic acids is 1. The van der Waals surface area contributed by atoms with E-state index in [4.69, 9.17) is 9.84 Å². The van der Waals surface area contributed by atoms with Gasteiger partial charge in [-0.3, -0.25) is 9.59 Å². The Labute approximate surface area is 135 Å². The summed E-state index contributed by atoms with van der Waals surface area (Å²) >= 11 is 0. The summed E-state index contributed by atoms with van der Waals surface area (Å²) in [5.41, 5.74) is 0.281. The number of carbonyl (C=O) groups is 2. The molecule has 0 aliphatic heterocycles. The largest absolute Gasteiger partial charge is 0.495 e. The highest BCUT2D eigenvalue weighted by molar-refractivity contribution is 7.89. The average molecular weight is 344 g/mol. The van der Waals surface area contributed by atoms with Crippen molar-refractivity contribution in [3.05, 3.63) is 18.2 Å². The van der Waals surface area contributed by atoms with Crippen molar-refractivity contribution in [2.24, 2.45) is 0 Å². The fourth-order valence-electron chi connectivity index (χ4n) is 1.98. The minimum absolute atomic E-state index is 0.0577. The number of ether oxygens (including phenoxy) is 1. The number of carboxylic acids is 1. The number of benzene rings is 1. The first-order chi connectivity index (χ1) is 10.7. The Morgan fingerprint density at radius 2 is 2.00 bits per heavy atom. The summed E-state index contributed by atoms with van der Waals surface area (Å²) in [6, 6.07) is 4.16. The number of carbonyl (C=O) groups excluding carboxylic acids is 1. The van der Waals surface area contributed by atoms with E-state index in [0.29, 0.717) is 6.42 Å². The van der Waals surface area contributed by atoms with E-state index in [9.17, 15) is 18.0 Å². The second-order valence-electron chi connectivity index (χ2n) is 4.78. The van der Waals surface area contributed by atoms with Gasteiger partial charge >= 0.3 is 5.97 Å². The molecule has 2 N–H and O–H groups in total. The Kier molecular flexibility index (Phi) is 6.52. The van der Waals surface area contributed by atoms with Gasteiger partial charge in [0.25, 0.3) is 0 Å². The zero-order valence-electron chi connectivity index (χ0n) is 13.2. The van der Waals surface area contributed by atoms with E-state index >= 15 is 0 Å². The minimum Gasteiger partial charge on any atom is -0.495 e. The Hall–Kier alpha value is -2.13. The summed E-state index contributed by atoms with van der Waals surface area (Å²) in [5, 5.41) is 11.4. The zero-order chi connectivity index (χ0) is 17.6. The monoisotopic (exact) mass is 344 g/mol. The van der Waals surface area contributed by atoms with Gasteiger partial charge in [0, 0.05) is 19.2 Å². The number of nitrogens with one attached hydrogen (secondary N) is 1. The van der Waals surface area contributed by atoms with E-state index in [-0.39, 0.29) is 28.8 Å². The van der Waals surface area contributed by atoms with Gasteiger partial charge in [-0.15, -0.1) is 0 Å². The SMILES string of the molecule is CCCN(CC(=O)O)S(=O)(=O)c1cc(NC(C)=O)ccc1OC. The highest BCUT2D eigenvalue weighted by atomic mass is 32.2. The van der Waals surface area contributed by atoms with Gasteiger partial charge in [0.05, 0.1) is 7.11 Å². The third-order valence-corrected chi connectivity index (χ3v) is 4.75. The van der Waals surface area contributed by atoms with Crippen LogP contribution in [0.1, 0.15) is 20.3 Å². The molecule has 0 aliphatic rings. The van der Waals surface area contributed by atoms with Gasteiger partial charge in [-0.25, -0.2) is 8.42 Å². The number of methoxy groups -OCH3 is 1. The van der Waals surface area contributed by atoms with Crippen LogP contribution in [-0.4, -0.2) is 49.9 Å². The Balaban J connectivity index is 3.37. The van der Waals surface area contributed by atoms with E-state index in [1.54, 1.807) is 6.92 Å². The van der Waals surface area contributed by atoms with Crippen LogP contribution in [0, 0.1) is 0 Å². The van der Waals surface area contributed by atoms with Crippen molar-refractivity contribution < 1.29 is 27.9 Å². The summed E-state index contributed by atoms with van der Waals surface area (Å²) in [6.07, 6.45) is 0.459. The second-order valence-corrected chi connectivity index (χ2v) is 6.69. The molecule has 0 fully saturated rings. The predicted molar refractivity (Wildman–Crippen MR) is 84.0 cm³/mol. The van der Waals surface area contributed by atoms with Crippen molar-refractivity contribution in [2.75, 3.05) is 25.5 Å². The maximum atomic E-state index is 12.7. The summed E-state index contributed by atoms with van der Waals surface area (Å²) in [4.78, 5) is 21.9. The maximum Gasteiger partial charge on any atom is 0.318 e. The molecular weight excluding hydrogens is 324 g/mol. The number of hydrogen-bond donors (Lipinski definition) is 2. The number of sulfonamides is 1. The van der Waals surface area contributed by atoms with E-state index in [0.717, 1.165) is 4.31 Å². The van der Waals surface area contributed by atoms with E-state index < -0.39 is 22.5 Å². The molecule has 0 aliphatic carbocycles. The molecule has 128 valence electrons. The molecule has 0 saturated carbocycles. The summed E-state index contributed by atoms with van der Waals surface area (Å²) < 4.78 is 31.4. The van der Waals surface area contributed by atoms with Crippen LogP contribution in [0.4, 0.5) is 5.69 Å². The maximum absolute atomic E-state index is 12.7. The molecule has 0 atom stereocenters. The van der Waals surface area contributed by atoms with Gasteiger partial charge in [0.2, 0.25) is 15.9 Å². The first kappa shape index (κ1) is 18.9. The van der Waals surface area contributed by atoms with Crippen LogP contribution in [0.3, 0.4) is 0 Å².